The van der Waals surface area contributed by atoms with Crippen molar-refractivity contribution in [3.8, 4) is 22.8 Å². The molecule has 1 saturated heterocycles. The first-order valence-corrected chi connectivity index (χ1v) is 11.4. The van der Waals surface area contributed by atoms with Gasteiger partial charge in [-0.3, -0.25) is 9.59 Å². The number of hydrogen-bond acceptors (Lipinski definition) is 6. The summed E-state index contributed by atoms with van der Waals surface area (Å²) in [5.74, 6) is 0.147. The Balaban J connectivity index is 1.40. The van der Waals surface area contributed by atoms with Crippen LogP contribution in [0, 0.1) is 5.92 Å². The van der Waals surface area contributed by atoms with Gasteiger partial charge in [0.05, 0.1) is 24.8 Å². The van der Waals surface area contributed by atoms with Crippen LogP contribution in [0.2, 0.25) is 0 Å². The van der Waals surface area contributed by atoms with E-state index in [0.717, 1.165) is 24.0 Å². The number of nitrogens with zero attached hydrogens (tertiary/aromatic N) is 2. The van der Waals surface area contributed by atoms with Crippen molar-refractivity contribution in [1.82, 2.24) is 9.88 Å². The second kappa shape index (κ2) is 8.27. The molecule has 1 saturated carbocycles. The third-order valence-corrected chi connectivity index (χ3v) is 6.71. The van der Waals surface area contributed by atoms with E-state index in [1.54, 1.807) is 25.3 Å². The Morgan fingerprint density at radius 3 is 2.78 bits per heavy atom. The molecule has 0 bridgehead atoms. The molecule has 8 heteroatoms. The minimum absolute atomic E-state index is 0.0139. The van der Waals surface area contributed by atoms with Gasteiger partial charge >= 0.3 is 0 Å². The summed E-state index contributed by atoms with van der Waals surface area (Å²) in [6, 6.07) is 14.3. The lowest BCUT2D eigenvalue weighted by Gasteiger charge is -2.28. The van der Waals surface area contributed by atoms with Gasteiger partial charge in [-0.25, -0.2) is 4.98 Å². The highest BCUT2D eigenvalue weighted by atomic mass is 32.1. The van der Waals surface area contributed by atoms with Crippen LogP contribution in [0.25, 0.3) is 11.3 Å². The molecule has 2 amide bonds. The van der Waals surface area contributed by atoms with Crippen LogP contribution in [0.3, 0.4) is 0 Å². The third kappa shape index (κ3) is 3.93. The predicted molar refractivity (Wildman–Crippen MR) is 122 cm³/mol. The number of phenolic OH excluding ortho intramolecular Hbond substituents is 1. The summed E-state index contributed by atoms with van der Waals surface area (Å²) in [4.78, 5) is 32.5. The molecule has 2 fully saturated rings. The summed E-state index contributed by atoms with van der Waals surface area (Å²) in [7, 11) is 1.61. The molecule has 7 nitrogen and oxygen atoms in total. The number of methoxy groups -OCH3 is 1. The highest BCUT2D eigenvalue weighted by Crippen LogP contribution is 2.46. The summed E-state index contributed by atoms with van der Waals surface area (Å²) in [6.07, 6.45) is 2.12. The number of aromatic hydroxyl groups is 1. The number of ether oxygens (including phenoxy) is 1. The lowest BCUT2D eigenvalue weighted by atomic mass is 9.92. The van der Waals surface area contributed by atoms with Crippen LogP contribution in [0.1, 0.15) is 30.9 Å². The Labute approximate surface area is 189 Å². The van der Waals surface area contributed by atoms with Gasteiger partial charge in [-0.15, -0.1) is 11.3 Å². The summed E-state index contributed by atoms with van der Waals surface area (Å²) in [5.41, 5.74) is 2.35. The van der Waals surface area contributed by atoms with Crippen molar-refractivity contribution in [3.05, 3.63) is 59.5 Å². The SMILES string of the molecule is COc1cccc([C@@H]2[C@H](C(=O)Nc3nc(-c4cccc(O)c4)cs3)CC(=O)N2C2CC2)c1. The van der Waals surface area contributed by atoms with Crippen molar-refractivity contribution in [2.45, 2.75) is 31.3 Å². The smallest absolute Gasteiger partial charge is 0.232 e. The van der Waals surface area contributed by atoms with Crippen molar-refractivity contribution in [3.63, 3.8) is 0 Å². The quantitative estimate of drug-likeness (QED) is 0.588. The molecule has 2 aromatic carbocycles. The number of rotatable bonds is 6. The third-order valence-electron chi connectivity index (χ3n) is 5.95. The normalized spacial score (nSPS) is 20.4. The van der Waals surface area contributed by atoms with Gasteiger partial charge in [0.25, 0.3) is 0 Å². The van der Waals surface area contributed by atoms with Crippen LogP contribution in [-0.4, -0.2) is 40.0 Å². The molecule has 5 rings (SSSR count). The summed E-state index contributed by atoms with van der Waals surface area (Å²) in [5, 5.41) is 14.9. The number of nitrogens with one attached hydrogen (secondary N) is 1. The van der Waals surface area contributed by atoms with Gasteiger partial charge in [-0.1, -0.05) is 24.3 Å². The molecule has 0 radical (unpaired) electrons. The highest BCUT2D eigenvalue weighted by molar-refractivity contribution is 7.14. The summed E-state index contributed by atoms with van der Waals surface area (Å²) < 4.78 is 5.37. The Morgan fingerprint density at radius 2 is 2.03 bits per heavy atom. The van der Waals surface area contributed by atoms with Crippen LogP contribution in [0.5, 0.6) is 11.5 Å². The second-order valence-electron chi connectivity index (χ2n) is 8.14. The average Bonchev–Trinajstić information content (AvgIpc) is 3.42. The van der Waals surface area contributed by atoms with Crippen molar-refractivity contribution in [1.29, 1.82) is 0 Å². The van der Waals surface area contributed by atoms with E-state index in [9.17, 15) is 14.7 Å². The molecule has 1 aliphatic carbocycles. The number of phenols is 1. The molecule has 2 aliphatic rings. The maximum atomic E-state index is 13.3. The minimum Gasteiger partial charge on any atom is -0.508 e. The second-order valence-corrected chi connectivity index (χ2v) is 9.00. The number of carbonyl (C=O) groups excluding carboxylic acids is 2. The largest absolute Gasteiger partial charge is 0.508 e. The zero-order valence-corrected chi connectivity index (χ0v) is 18.3. The monoisotopic (exact) mass is 449 g/mol. The van der Waals surface area contributed by atoms with Crippen molar-refractivity contribution in [2.75, 3.05) is 12.4 Å². The van der Waals surface area contributed by atoms with Gasteiger partial charge in [0, 0.05) is 23.4 Å². The Bertz CT molecular complexity index is 1170. The van der Waals surface area contributed by atoms with Crippen LogP contribution in [-0.2, 0) is 9.59 Å². The Morgan fingerprint density at radius 1 is 1.22 bits per heavy atom. The molecule has 1 aliphatic heterocycles. The van der Waals surface area contributed by atoms with Gasteiger partial charge in [0.2, 0.25) is 11.8 Å². The van der Waals surface area contributed by atoms with E-state index in [1.807, 2.05) is 40.6 Å². The number of carbonyl (C=O) groups is 2. The molecule has 2 atom stereocenters. The molecule has 3 aromatic rings. The van der Waals surface area contributed by atoms with Gasteiger partial charge in [-0.05, 0) is 42.7 Å². The fourth-order valence-electron chi connectivity index (χ4n) is 4.32. The van der Waals surface area contributed by atoms with Crippen molar-refractivity contribution >= 4 is 28.3 Å². The van der Waals surface area contributed by atoms with E-state index in [2.05, 4.69) is 10.3 Å². The molecule has 2 heterocycles. The van der Waals surface area contributed by atoms with Gasteiger partial charge in [0.15, 0.2) is 5.13 Å². The molecule has 1 aromatic heterocycles. The predicted octanol–water partition coefficient (Wildman–Crippen LogP) is 4.22. The van der Waals surface area contributed by atoms with E-state index in [1.165, 1.54) is 11.3 Å². The number of likely N-dealkylation sites (tertiary alicyclic amines) is 1. The lowest BCUT2D eigenvalue weighted by Crippen LogP contribution is -2.33. The molecule has 164 valence electrons. The van der Waals surface area contributed by atoms with E-state index < -0.39 is 5.92 Å². The first-order valence-electron chi connectivity index (χ1n) is 10.5. The van der Waals surface area contributed by atoms with Gasteiger partial charge in [-0.2, -0.15) is 0 Å². The number of benzene rings is 2. The average molecular weight is 450 g/mol. The van der Waals surface area contributed by atoms with E-state index in [4.69, 9.17) is 4.74 Å². The number of thiazole rings is 1. The molecule has 0 spiro atoms. The number of anilines is 1. The van der Waals surface area contributed by atoms with Crippen LogP contribution in [0.15, 0.2) is 53.9 Å². The van der Waals surface area contributed by atoms with E-state index in [-0.39, 0.29) is 36.1 Å². The number of amides is 2. The van der Waals surface area contributed by atoms with Crippen LogP contribution < -0.4 is 10.1 Å². The lowest BCUT2D eigenvalue weighted by molar-refractivity contribution is -0.129. The zero-order chi connectivity index (χ0) is 22.2. The van der Waals surface area contributed by atoms with Crippen LogP contribution >= 0.6 is 11.3 Å². The molecule has 0 unspecified atom stereocenters. The minimum atomic E-state index is -0.511. The molecular formula is C24H23N3O4S. The standard InChI is InChI=1S/C24H23N3O4S/c1-31-18-7-3-5-15(11-18)22-19(12-21(29)27(22)16-8-9-16)23(30)26-24-25-20(13-32-24)14-4-2-6-17(28)10-14/h2-7,10-11,13,16,19,22,28H,8-9,12H2,1H3,(H,25,26,30)/t19-,22-/m1/s1. The fraction of sp³-hybridized carbons (Fsp3) is 0.292. The Hall–Kier alpha value is -3.39. The first-order chi connectivity index (χ1) is 15.5. The molecule has 2 N–H and O–H groups in total. The van der Waals surface area contributed by atoms with Crippen molar-refractivity contribution < 1.29 is 19.4 Å². The van der Waals surface area contributed by atoms with E-state index in [0.29, 0.717) is 16.6 Å². The number of hydrogen-bond donors (Lipinski definition) is 2. The van der Waals surface area contributed by atoms with Gasteiger partial charge in [0.1, 0.15) is 11.5 Å². The highest BCUT2D eigenvalue weighted by Gasteiger charge is 2.49. The zero-order valence-electron chi connectivity index (χ0n) is 17.5. The summed E-state index contributed by atoms with van der Waals surface area (Å²) in [6.45, 7) is 0. The molecular weight excluding hydrogens is 426 g/mol. The number of aromatic nitrogens is 1. The maximum Gasteiger partial charge on any atom is 0.232 e. The van der Waals surface area contributed by atoms with Crippen LogP contribution in [0.4, 0.5) is 5.13 Å². The maximum absolute atomic E-state index is 13.3. The van der Waals surface area contributed by atoms with E-state index >= 15 is 0 Å². The first kappa shape index (κ1) is 20.5. The molecule has 32 heavy (non-hydrogen) atoms. The summed E-state index contributed by atoms with van der Waals surface area (Å²) >= 11 is 1.32. The van der Waals surface area contributed by atoms with Crippen molar-refractivity contribution in [2.24, 2.45) is 5.92 Å². The van der Waals surface area contributed by atoms with Gasteiger partial charge < -0.3 is 20.1 Å². The Kier molecular flexibility index (Phi) is 5.30. The topological polar surface area (TPSA) is 91.8 Å². The fourth-order valence-corrected chi connectivity index (χ4v) is 5.04.